The van der Waals surface area contributed by atoms with Gasteiger partial charge >= 0.3 is 6.09 Å². The molecule has 1 aliphatic heterocycles. The summed E-state index contributed by atoms with van der Waals surface area (Å²) in [7, 11) is 0. The highest BCUT2D eigenvalue weighted by Crippen LogP contribution is 2.12. The highest BCUT2D eigenvalue weighted by molar-refractivity contribution is 5.65. The fourth-order valence-corrected chi connectivity index (χ4v) is 0.903. The van der Waals surface area contributed by atoms with Crippen LogP contribution in [0.1, 0.15) is 0 Å². The van der Waals surface area contributed by atoms with Crippen molar-refractivity contribution in [2.45, 2.75) is 12.3 Å². The van der Waals surface area contributed by atoms with Crippen molar-refractivity contribution in [1.82, 2.24) is 4.90 Å². The van der Waals surface area contributed by atoms with Crippen molar-refractivity contribution in [2.75, 3.05) is 13.1 Å². The molecule has 0 aliphatic carbocycles. The molecule has 2 atom stereocenters. The van der Waals surface area contributed by atoms with E-state index in [1.807, 2.05) is 0 Å². The average Bonchev–Trinajstić information content (AvgIpc) is 2.13. The van der Waals surface area contributed by atoms with E-state index in [9.17, 15) is 9.18 Å². The summed E-state index contributed by atoms with van der Waals surface area (Å²) in [5.41, 5.74) is 0. The van der Waals surface area contributed by atoms with E-state index in [0.29, 0.717) is 0 Å². The summed E-state index contributed by atoms with van der Waals surface area (Å²) in [5, 5.41) is 17.0. The maximum absolute atomic E-state index is 12.4. The molecule has 0 bridgehead atoms. The second-order valence-corrected chi connectivity index (χ2v) is 2.27. The van der Waals surface area contributed by atoms with Crippen LogP contribution in [0.4, 0.5) is 9.18 Å². The second-order valence-electron chi connectivity index (χ2n) is 2.27. The van der Waals surface area contributed by atoms with Crippen LogP contribution in [-0.2, 0) is 0 Å². The molecule has 1 rings (SSSR count). The molecule has 1 heterocycles. The Kier molecular flexibility index (Phi) is 1.76. The molecule has 0 aromatic rings. The minimum Gasteiger partial charge on any atom is -0.465 e. The van der Waals surface area contributed by atoms with Crippen LogP contribution in [0.25, 0.3) is 0 Å². The first-order valence-corrected chi connectivity index (χ1v) is 2.91. The van der Waals surface area contributed by atoms with Gasteiger partial charge in [0.2, 0.25) is 0 Å². The maximum Gasteiger partial charge on any atom is 0.407 e. The number of aliphatic hydroxyl groups excluding tert-OH is 1. The molecule has 0 spiro atoms. The molecule has 1 saturated heterocycles. The zero-order valence-corrected chi connectivity index (χ0v) is 5.20. The first kappa shape index (κ1) is 7.27. The topological polar surface area (TPSA) is 60.8 Å². The van der Waals surface area contributed by atoms with E-state index in [2.05, 4.69) is 0 Å². The molecule has 0 radical (unpaired) electrons. The van der Waals surface area contributed by atoms with Crippen LogP contribution in [0.2, 0.25) is 0 Å². The van der Waals surface area contributed by atoms with E-state index in [-0.39, 0.29) is 13.1 Å². The molecule has 0 aromatic heterocycles. The number of carboxylic acid groups (broad SMARTS) is 1. The summed E-state index contributed by atoms with van der Waals surface area (Å²) in [6.07, 6.45) is -3.74. The Morgan fingerprint density at radius 3 is 2.40 bits per heavy atom. The lowest BCUT2D eigenvalue weighted by molar-refractivity contribution is 0.114. The molecule has 0 aromatic carbocycles. The summed E-state index contributed by atoms with van der Waals surface area (Å²) in [6, 6.07) is 0. The lowest BCUT2D eigenvalue weighted by atomic mass is 10.3. The van der Waals surface area contributed by atoms with Gasteiger partial charge in [-0.3, -0.25) is 0 Å². The third-order valence-corrected chi connectivity index (χ3v) is 1.49. The van der Waals surface area contributed by atoms with Crippen LogP contribution in [0.3, 0.4) is 0 Å². The minimum atomic E-state index is -1.42. The number of carbonyl (C=O) groups is 1. The van der Waals surface area contributed by atoms with Gasteiger partial charge in [0.15, 0.2) is 0 Å². The summed E-state index contributed by atoms with van der Waals surface area (Å²) >= 11 is 0. The van der Waals surface area contributed by atoms with E-state index in [4.69, 9.17) is 10.2 Å². The van der Waals surface area contributed by atoms with Crippen LogP contribution in [0.5, 0.6) is 0 Å². The van der Waals surface area contributed by atoms with Crippen molar-refractivity contribution in [1.29, 1.82) is 0 Å². The number of hydrogen-bond acceptors (Lipinski definition) is 2. The maximum atomic E-state index is 12.4. The van der Waals surface area contributed by atoms with Gasteiger partial charge in [-0.05, 0) is 0 Å². The van der Waals surface area contributed by atoms with Crippen LogP contribution in [-0.4, -0.2) is 46.6 Å². The van der Waals surface area contributed by atoms with Crippen LogP contribution < -0.4 is 0 Å². The number of aliphatic hydroxyl groups is 1. The first-order chi connectivity index (χ1) is 4.61. The van der Waals surface area contributed by atoms with Crippen LogP contribution in [0, 0.1) is 0 Å². The zero-order chi connectivity index (χ0) is 7.72. The molecule has 0 saturated carbocycles. The van der Waals surface area contributed by atoms with E-state index < -0.39 is 18.4 Å². The van der Waals surface area contributed by atoms with Gasteiger partial charge in [0, 0.05) is 0 Å². The number of amides is 1. The largest absolute Gasteiger partial charge is 0.465 e. The Balaban J connectivity index is 2.49. The van der Waals surface area contributed by atoms with Gasteiger partial charge in [0.05, 0.1) is 13.1 Å². The second kappa shape index (κ2) is 2.42. The molecule has 1 fully saturated rings. The molecule has 1 aliphatic rings. The van der Waals surface area contributed by atoms with E-state index >= 15 is 0 Å². The zero-order valence-electron chi connectivity index (χ0n) is 5.20. The van der Waals surface area contributed by atoms with Crippen molar-refractivity contribution >= 4 is 6.09 Å². The summed E-state index contributed by atoms with van der Waals surface area (Å²) < 4.78 is 12.4. The van der Waals surface area contributed by atoms with Gasteiger partial charge in [0.1, 0.15) is 12.3 Å². The quantitative estimate of drug-likeness (QED) is 0.496. The lowest BCUT2D eigenvalue weighted by Crippen LogP contribution is -2.27. The number of rotatable bonds is 0. The Morgan fingerprint density at radius 1 is 1.60 bits per heavy atom. The normalized spacial score (nSPS) is 32.8. The standard InChI is InChI=1S/C5H8FNO3/c6-3-1-7(5(9)10)2-4(3)8/h3-4,8H,1-2H2,(H,9,10)/t3-,4-/m1/s1. The number of hydrogen-bond donors (Lipinski definition) is 2. The van der Waals surface area contributed by atoms with Crippen molar-refractivity contribution in [3.8, 4) is 0 Å². The predicted molar refractivity (Wildman–Crippen MR) is 30.5 cm³/mol. The minimum absolute atomic E-state index is 0.115. The average molecular weight is 149 g/mol. The van der Waals surface area contributed by atoms with Gasteiger partial charge in [0.25, 0.3) is 0 Å². The van der Waals surface area contributed by atoms with E-state index in [0.717, 1.165) is 4.90 Å². The van der Waals surface area contributed by atoms with Crippen molar-refractivity contribution < 1.29 is 19.4 Å². The first-order valence-electron chi connectivity index (χ1n) is 2.91. The number of β-amino-alcohol motifs (C(OH)–C–C–N with tert-alkyl or cyclic N) is 1. The summed E-state index contributed by atoms with van der Waals surface area (Å²) in [6.45, 7) is -0.326. The van der Waals surface area contributed by atoms with Gasteiger partial charge < -0.3 is 15.1 Å². The van der Waals surface area contributed by atoms with E-state index in [1.165, 1.54) is 0 Å². The lowest BCUT2D eigenvalue weighted by Gasteiger charge is -2.07. The fraction of sp³-hybridized carbons (Fsp3) is 0.800. The monoisotopic (exact) mass is 149 g/mol. The molecule has 10 heavy (non-hydrogen) atoms. The van der Waals surface area contributed by atoms with Crippen molar-refractivity contribution in [2.24, 2.45) is 0 Å². The Morgan fingerprint density at radius 2 is 2.20 bits per heavy atom. The smallest absolute Gasteiger partial charge is 0.407 e. The molecular weight excluding hydrogens is 141 g/mol. The molecule has 5 heteroatoms. The third-order valence-electron chi connectivity index (χ3n) is 1.49. The fourth-order valence-electron chi connectivity index (χ4n) is 0.903. The molecule has 2 N–H and O–H groups in total. The third kappa shape index (κ3) is 1.18. The van der Waals surface area contributed by atoms with Crippen molar-refractivity contribution in [3.63, 3.8) is 0 Å². The molecule has 1 amide bonds. The molecule has 4 nitrogen and oxygen atoms in total. The SMILES string of the molecule is O=C(O)N1C[C@@H](O)[C@H](F)C1. The Bertz CT molecular complexity index is 142. The van der Waals surface area contributed by atoms with Crippen molar-refractivity contribution in [3.05, 3.63) is 0 Å². The predicted octanol–water partition coefficient (Wildman–Crippen LogP) is -0.321. The number of halogens is 1. The van der Waals surface area contributed by atoms with Gasteiger partial charge in [-0.1, -0.05) is 0 Å². The van der Waals surface area contributed by atoms with Gasteiger partial charge in [-0.2, -0.15) is 0 Å². The molecule has 0 unspecified atom stereocenters. The van der Waals surface area contributed by atoms with Crippen LogP contribution in [0.15, 0.2) is 0 Å². The molecular formula is C5H8FNO3. The van der Waals surface area contributed by atoms with E-state index in [1.54, 1.807) is 0 Å². The Labute approximate surface area is 56.9 Å². The number of alkyl halides is 1. The summed E-state index contributed by atoms with van der Waals surface area (Å²) in [4.78, 5) is 11.0. The number of nitrogens with zero attached hydrogens (tertiary/aromatic N) is 1. The van der Waals surface area contributed by atoms with Crippen LogP contribution >= 0.6 is 0 Å². The Hall–Kier alpha value is -0.840. The summed E-state index contributed by atoms with van der Waals surface area (Å²) in [5.74, 6) is 0. The molecule has 58 valence electrons. The highest BCUT2D eigenvalue weighted by atomic mass is 19.1. The number of likely N-dealkylation sites (tertiary alicyclic amines) is 1. The van der Waals surface area contributed by atoms with Gasteiger partial charge in [-0.25, -0.2) is 9.18 Å². The highest BCUT2D eigenvalue weighted by Gasteiger charge is 2.33. The van der Waals surface area contributed by atoms with Gasteiger partial charge in [-0.15, -0.1) is 0 Å².